The maximum Gasteiger partial charge on any atom is 0.243 e. The average molecular weight is 316 g/mol. The molecule has 6 heteroatoms. The van der Waals surface area contributed by atoms with Crippen LogP contribution in [0.5, 0.6) is 0 Å². The summed E-state index contributed by atoms with van der Waals surface area (Å²) in [6.45, 7) is 4.00. The average Bonchev–Trinajstić information content (AvgIpc) is 2.88. The van der Waals surface area contributed by atoms with Crippen LogP contribution in [0.4, 0.5) is 0 Å². The maximum atomic E-state index is 12.6. The highest BCUT2D eigenvalue weighted by atomic mass is 35.5. The number of hydrogen-bond donors (Lipinski definition) is 0. The van der Waals surface area contributed by atoms with Crippen molar-refractivity contribution in [1.82, 2.24) is 4.31 Å². The van der Waals surface area contributed by atoms with Crippen molar-refractivity contribution in [1.29, 1.82) is 0 Å². The van der Waals surface area contributed by atoms with Gasteiger partial charge in [-0.3, -0.25) is 4.79 Å². The largest absolute Gasteiger partial charge is 0.298 e. The number of ketones is 1. The van der Waals surface area contributed by atoms with Crippen molar-refractivity contribution >= 4 is 27.4 Å². The van der Waals surface area contributed by atoms with Crippen LogP contribution in [0, 0.1) is 5.92 Å². The summed E-state index contributed by atoms with van der Waals surface area (Å²) in [5.74, 6) is -0.180. The van der Waals surface area contributed by atoms with Crippen LogP contribution in [-0.4, -0.2) is 31.1 Å². The Morgan fingerprint density at radius 1 is 1.30 bits per heavy atom. The summed E-state index contributed by atoms with van der Waals surface area (Å²) in [6, 6.07) is 5.52. The van der Waals surface area contributed by atoms with Gasteiger partial charge in [-0.1, -0.05) is 25.4 Å². The van der Waals surface area contributed by atoms with Gasteiger partial charge in [-0.05, 0) is 37.1 Å². The number of carbonyl (C=O) groups is 1. The molecule has 0 radical (unpaired) electrons. The fourth-order valence-corrected chi connectivity index (χ4v) is 4.23. The third-order valence-electron chi connectivity index (χ3n) is 3.52. The molecule has 0 unspecified atom stereocenters. The summed E-state index contributed by atoms with van der Waals surface area (Å²) in [6.07, 6.45) is 1.32. The molecule has 1 atom stereocenters. The molecule has 0 aliphatic carbocycles. The predicted octanol–water partition coefficient (Wildman–Crippen LogP) is 2.72. The quantitative estimate of drug-likeness (QED) is 0.858. The Bertz CT molecular complexity index is 595. The van der Waals surface area contributed by atoms with Gasteiger partial charge < -0.3 is 0 Å². The molecule has 2 rings (SSSR count). The van der Waals surface area contributed by atoms with E-state index in [2.05, 4.69) is 0 Å². The smallest absolute Gasteiger partial charge is 0.243 e. The third kappa shape index (κ3) is 2.90. The van der Waals surface area contributed by atoms with Gasteiger partial charge in [0.05, 0.1) is 10.9 Å². The van der Waals surface area contributed by atoms with Gasteiger partial charge in [-0.25, -0.2) is 8.42 Å². The van der Waals surface area contributed by atoms with Crippen molar-refractivity contribution in [3.8, 4) is 0 Å². The monoisotopic (exact) mass is 315 g/mol. The van der Waals surface area contributed by atoms with Gasteiger partial charge >= 0.3 is 0 Å². The first-order valence-corrected chi connectivity index (χ1v) is 8.47. The molecule has 0 bridgehead atoms. The van der Waals surface area contributed by atoms with Crippen LogP contribution in [0.25, 0.3) is 0 Å². The zero-order valence-corrected chi connectivity index (χ0v) is 13.1. The number of benzene rings is 1. The molecule has 110 valence electrons. The van der Waals surface area contributed by atoms with Crippen molar-refractivity contribution in [3.63, 3.8) is 0 Å². The van der Waals surface area contributed by atoms with Gasteiger partial charge in [0.1, 0.15) is 0 Å². The second-order valence-corrected chi connectivity index (χ2v) is 7.61. The molecule has 0 spiro atoms. The predicted molar refractivity (Wildman–Crippen MR) is 78.2 cm³/mol. The zero-order chi connectivity index (χ0) is 14.9. The molecule has 20 heavy (non-hydrogen) atoms. The first-order valence-electron chi connectivity index (χ1n) is 6.65. The van der Waals surface area contributed by atoms with E-state index >= 15 is 0 Å². The topological polar surface area (TPSA) is 54.5 Å². The molecule has 0 N–H and O–H groups in total. The normalized spacial score (nSPS) is 20.5. The highest BCUT2D eigenvalue weighted by Gasteiger charge is 2.39. The number of rotatable bonds is 4. The minimum absolute atomic E-state index is 0.0139. The lowest BCUT2D eigenvalue weighted by Crippen LogP contribution is -2.42. The SMILES string of the molecule is CC(C)C(=O)[C@H]1CCCN1S(=O)(=O)c1ccc(Cl)cc1. The van der Waals surface area contributed by atoms with Crippen LogP contribution < -0.4 is 0 Å². The lowest BCUT2D eigenvalue weighted by atomic mass is 10.0. The van der Waals surface area contributed by atoms with Crippen molar-refractivity contribution in [2.45, 2.75) is 37.6 Å². The molecule has 1 heterocycles. The van der Waals surface area contributed by atoms with E-state index < -0.39 is 16.1 Å². The Labute approximate surface area is 124 Å². The zero-order valence-electron chi connectivity index (χ0n) is 11.5. The van der Waals surface area contributed by atoms with Gasteiger partial charge in [0.15, 0.2) is 5.78 Å². The van der Waals surface area contributed by atoms with Gasteiger partial charge in [0.25, 0.3) is 0 Å². The molecule has 0 aromatic heterocycles. The van der Waals surface area contributed by atoms with E-state index in [9.17, 15) is 13.2 Å². The van der Waals surface area contributed by atoms with Crippen molar-refractivity contribution in [2.75, 3.05) is 6.54 Å². The summed E-state index contributed by atoms with van der Waals surface area (Å²) < 4.78 is 26.6. The molecule has 1 aliphatic rings. The van der Waals surface area contributed by atoms with E-state index in [4.69, 9.17) is 11.6 Å². The van der Waals surface area contributed by atoms with Crippen LogP contribution in [0.15, 0.2) is 29.2 Å². The minimum atomic E-state index is -3.63. The number of Topliss-reactive ketones (excluding diaryl/α,β-unsaturated/α-hetero) is 1. The maximum absolute atomic E-state index is 12.6. The number of halogens is 1. The summed E-state index contributed by atoms with van der Waals surface area (Å²) in [5.41, 5.74) is 0. The Morgan fingerprint density at radius 3 is 2.45 bits per heavy atom. The van der Waals surface area contributed by atoms with Crippen molar-refractivity contribution in [3.05, 3.63) is 29.3 Å². The molecule has 1 aromatic rings. The van der Waals surface area contributed by atoms with Gasteiger partial charge in [-0.15, -0.1) is 0 Å². The Balaban J connectivity index is 2.33. The van der Waals surface area contributed by atoms with Crippen molar-refractivity contribution < 1.29 is 13.2 Å². The van der Waals surface area contributed by atoms with Crippen molar-refractivity contribution in [2.24, 2.45) is 5.92 Å². The third-order valence-corrected chi connectivity index (χ3v) is 5.70. The van der Waals surface area contributed by atoms with Crippen LogP contribution in [-0.2, 0) is 14.8 Å². The second-order valence-electron chi connectivity index (χ2n) is 5.28. The molecule has 1 saturated heterocycles. The molecular weight excluding hydrogens is 298 g/mol. The van der Waals surface area contributed by atoms with E-state index in [1.54, 1.807) is 26.0 Å². The lowest BCUT2D eigenvalue weighted by Gasteiger charge is -2.24. The van der Waals surface area contributed by atoms with E-state index in [-0.39, 0.29) is 16.6 Å². The van der Waals surface area contributed by atoms with E-state index in [0.29, 0.717) is 18.0 Å². The molecular formula is C14H18ClNO3S. The highest BCUT2D eigenvalue weighted by molar-refractivity contribution is 7.89. The summed E-state index contributed by atoms with van der Waals surface area (Å²) in [5, 5.41) is 0.486. The second kappa shape index (κ2) is 5.84. The molecule has 0 amide bonds. The van der Waals surface area contributed by atoms with Gasteiger partial charge in [-0.2, -0.15) is 4.31 Å². The lowest BCUT2D eigenvalue weighted by molar-refractivity contribution is -0.125. The highest BCUT2D eigenvalue weighted by Crippen LogP contribution is 2.28. The molecule has 1 fully saturated rings. The summed E-state index contributed by atoms with van der Waals surface area (Å²) in [7, 11) is -3.63. The van der Waals surface area contributed by atoms with Crippen LogP contribution in [0.2, 0.25) is 5.02 Å². The first-order chi connectivity index (χ1) is 9.34. The fraction of sp³-hybridized carbons (Fsp3) is 0.500. The number of hydrogen-bond acceptors (Lipinski definition) is 3. The molecule has 1 aromatic carbocycles. The standard InChI is InChI=1S/C14H18ClNO3S/c1-10(2)14(17)13-4-3-9-16(13)20(18,19)12-7-5-11(15)6-8-12/h5-8,10,13H,3-4,9H2,1-2H3/t13-/m1/s1. The number of carbonyl (C=O) groups excluding carboxylic acids is 1. The van der Waals surface area contributed by atoms with E-state index in [1.165, 1.54) is 16.4 Å². The Hall–Kier alpha value is -0.910. The van der Waals surface area contributed by atoms with Crippen LogP contribution >= 0.6 is 11.6 Å². The molecule has 4 nitrogen and oxygen atoms in total. The van der Waals surface area contributed by atoms with Gasteiger partial charge in [0, 0.05) is 17.5 Å². The number of nitrogens with zero attached hydrogens (tertiary/aromatic N) is 1. The Morgan fingerprint density at radius 2 is 1.90 bits per heavy atom. The fourth-order valence-electron chi connectivity index (χ4n) is 2.44. The van der Waals surface area contributed by atoms with Gasteiger partial charge in [0.2, 0.25) is 10.0 Å². The summed E-state index contributed by atoms with van der Waals surface area (Å²) >= 11 is 5.78. The van der Waals surface area contributed by atoms with Crippen LogP contribution in [0.3, 0.4) is 0 Å². The van der Waals surface area contributed by atoms with Crippen LogP contribution in [0.1, 0.15) is 26.7 Å². The van der Waals surface area contributed by atoms with E-state index in [0.717, 1.165) is 6.42 Å². The number of sulfonamides is 1. The molecule has 0 saturated carbocycles. The minimum Gasteiger partial charge on any atom is -0.298 e. The Kier molecular flexibility index (Phi) is 4.52. The van der Waals surface area contributed by atoms with E-state index in [1.807, 2.05) is 0 Å². The molecule has 1 aliphatic heterocycles. The summed E-state index contributed by atoms with van der Waals surface area (Å²) in [4.78, 5) is 12.3. The first kappa shape index (κ1) is 15.5.